The van der Waals surface area contributed by atoms with E-state index < -0.39 is 0 Å². The Morgan fingerprint density at radius 1 is 1.32 bits per heavy atom. The predicted molar refractivity (Wildman–Crippen MR) is 86.6 cm³/mol. The smallest absolute Gasteiger partial charge is 0.317 e. The third-order valence-electron chi connectivity index (χ3n) is 4.50. The number of rotatable bonds is 3. The summed E-state index contributed by atoms with van der Waals surface area (Å²) < 4.78 is 0. The Bertz CT molecular complexity index is 400. The van der Waals surface area contributed by atoms with Crippen molar-refractivity contribution in [1.29, 1.82) is 0 Å². The second-order valence-electron chi connectivity index (χ2n) is 6.95. The molecule has 22 heavy (non-hydrogen) atoms. The number of carbonyl (C=O) groups excluding carboxylic acids is 2. The lowest BCUT2D eigenvalue weighted by atomic mass is 9.95. The van der Waals surface area contributed by atoms with Gasteiger partial charge in [-0.2, -0.15) is 0 Å². The van der Waals surface area contributed by atoms with Crippen LogP contribution < -0.4 is 10.6 Å². The van der Waals surface area contributed by atoms with Crippen molar-refractivity contribution in [2.45, 2.75) is 39.7 Å². The van der Waals surface area contributed by atoms with E-state index in [-0.39, 0.29) is 23.9 Å². The van der Waals surface area contributed by atoms with E-state index >= 15 is 0 Å². The molecule has 0 radical (unpaired) electrons. The Morgan fingerprint density at radius 3 is 2.77 bits per heavy atom. The van der Waals surface area contributed by atoms with Gasteiger partial charge in [0.25, 0.3) is 0 Å². The molecule has 2 fully saturated rings. The molecule has 2 aliphatic rings. The SMILES string of the molecule is CC(C)CNC(=O)N1CCCC(C(=O)N2CCNC[C@@H]2C)C1. The van der Waals surface area contributed by atoms with Crippen molar-refractivity contribution in [3.8, 4) is 0 Å². The van der Waals surface area contributed by atoms with Crippen LogP contribution in [0.3, 0.4) is 0 Å². The van der Waals surface area contributed by atoms with Gasteiger partial charge in [0.1, 0.15) is 0 Å². The summed E-state index contributed by atoms with van der Waals surface area (Å²) in [5, 5.41) is 6.26. The number of amides is 3. The molecular formula is C16H30N4O2. The number of likely N-dealkylation sites (tertiary alicyclic amines) is 1. The Balaban J connectivity index is 1.89. The molecule has 2 aliphatic heterocycles. The number of hydrogen-bond donors (Lipinski definition) is 2. The van der Waals surface area contributed by atoms with E-state index in [4.69, 9.17) is 0 Å². The summed E-state index contributed by atoms with van der Waals surface area (Å²) in [6.07, 6.45) is 1.80. The molecule has 126 valence electrons. The number of hydrogen-bond acceptors (Lipinski definition) is 3. The molecular weight excluding hydrogens is 280 g/mol. The van der Waals surface area contributed by atoms with Crippen molar-refractivity contribution in [2.24, 2.45) is 11.8 Å². The van der Waals surface area contributed by atoms with Crippen molar-refractivity contribution in [3.05, 3.63) is 0 Å². The van der Waals surface area contributed by atoms with Gasteiger partial charge in [-0.25, -0.2) is 4.79 Å². The number of nitrogens with zero attached hydrogens (tertiary/aromatic N) is 2. The molecule has 2 heterocycles. The van der Waals surface area contributed by atoms with Gasteiger partial charge in [0.2, 0.25) is 5.91 Å². The number of piperidine rings is 1. The van der Waals surface area contributed by atoms with Crippen LogP contribution in [0.5, 0.6) is 0 Å². The monoisotopic (exact) mass is 310 g/mol. The highest BCUT2D eigenvalue weighted by Gasteiger charge is 2.33. The second kappa shape index (κ2) is 7.81. The van der Waals surface area contributed by atoms with E-state index in [1.54, 1.807) is 4.90 Å². The highest BCUT2D eigenvalue weighted by atomic mass is 16.2. The fourth-order valence-electron chi connectivity index (χ4n) is 3.17. The van der Waals surface area contributed by atoms with E-state index in [1.165, 1.54) is 0 Å². The molecule has 1 unspecified atom stereocenters. The third kappa shape index (κ3) is 4.35. The van der Waals surface area contributed by atoms with Gasteiger partial charge in [0, 0.05) is 45.3 Å². The van der Waals surface area contributed by atoms with E-state index in [1.807, 2.05) is 4.90 Å². The normalized spacial score (nSPS) is 26.2. The standard InChI is InChI=1S/C16H30N4O2/c1-12(2)9-18-16(22)19-7-4-5-14(11-19)15(21)20-8-6-17-10-13(20)3/h12-14,17H,4-11H2,1-3H3,(H,18,22)/t13-,14?/m0/s1. The number of urea groups is 1. The summed E-state index contributed by atoms with van der Waals surface area (Å²) in [4.78, 5) is 28.7. The Morgan fingerprint density at radius 2 is 2.09 bits per heavy atom. The zero-order valence-corrected chi connectivity index (χ0v) is 14.1. The average molecular weight is 310 g/mol. The molecule has 0 aromatic heterocycles. The lowest BCUT2D eigenvalue weighted by Crippen LogP contribution is -2.56. The zero-order valence-electron chi connectivity index (χ0n) is 14.1. The minimum Gasteiger partial charge on any atom is -0.338 e. The highest BCUT2D eigenvalue weighted by molar-refractivity contribution is 5.81. The number of nitrogens with one attached hydrogen (secondary N) is 2. The second-order valence-corrected chi connectivity index (χ2v) is 6.95. The van der Waals surface area contributed by atoms with Gasteiger partial charge in [0.15, 0.2) is 0 Å². The maximum absolute atomic E-state index is 12.7. The summed E-state index contributed by atoms with van der Waals surface area (Å²) >= 11 is 0. The van der Waals surface area contributed by atoms with Crippen LogP contribution in [-0.2, 0) is 4.79 Å². The van der Waals surface area contributed by atoms with Gasteiger partial charge in [-0.15, -0.1) is 0 Å². The first-order chi connectivity index (χ1) is 10.5. The first-order valence-corrected chi connectivity index (χ1v) is 8.53. The first-order valence-electron chi connectivity index (χ1n) is 8.53. The zero-order chi connectivity index (χ0) is 16.1. The molecule has 0 bridgehead atoms. The van der Waals surface area contributed by atoms with Crippen molar-refractivity contribution >= 4 is 11.9 Å². The fourth-order valence-corrected chi connectivity index (χ4v) is 3.17. The molecule has 2 N–H and O–H groups in total. The topological polar surface area (TPSA) is 64.7 Å². The van der Waals surface area contributed by atoms with Gasteiger partial charge in [-0.1, -0.05) is 13.8 Å². The van der Waals surface area contributed by atoms with Crippen LogP contribution in [0.25, 0.3) is 0 Å². The van der Waals surface area contributed by atoms with Gasteiger partial charge >= 0.3 is 6.03 Å². The van der Waals surface area contributed by atoms with Crippen LogP contribution in [0.15, 0.2) is 0 Å². The molecule has 2 saturated heterocycles. The molecule has 0 spiro atoms. The Labute approximate surface area is 133 Å². The summed E-state index contributed by atoms with van der Waals surface area (Å²) in [5.41, 5.74) is 0. The first kappa shape index (κ1) is 17.1. The van der Waals surface area contributed by atoms with Crippen LogP contribution in [-0.4, -0.2) is 67.0 Å². The maximum atomic E-state index is 12.7. The largest absolute Gasteiger partial charge is 0.338 e. The summed E-state index contributed by atoms with van der Waals surface area (Å²) in [6, 6.07) is 0.214. The van der Waals surface area contributed by atoms with E-state index in [9.17, 15) is 9.59 Å². The minimum absolute atomic E-state index is 0.0282. The van der Waals surface area contributed by atoms with Gasteiger partial charge < -0.3 is 20.4 Å². The summed E-state index contributed by atoms with van der Waals surface area (Å²) in [5.74, 6) is 0.613. The molecule has 2 rings (SSSR count). The molecule has 6 nitrogen and oxygen atoms in total. The molecule has 0 aromatic carbocycles. The number of carbonyl (C=O) groups is 2. The highest BCUT2D eigenvalue weighted by Crippen LogP contribution is 2.20. The molecule has 3 amide bonds. The fraction of sp³-hybridized carbons (Fsp3) is 0.875. The van der Waals surface area contributed by atoms with Crippen LogP contribution in [0.1, 0.15) is 33.6 Å². The molecule has 0 aliphatic carbocycles. The summed E-state index contributed by atoms with van der Waals surface area (Å²) in [7, 11) is 0. The van der Waals surface area contributed by atoms with Crippen LogP contribution in [0.2, 0.25) is 0 Å². The minimum atomic E-state index is -0.0425. The molecule has 6 heteroatoms. The maximum Gasteiger partial charge on any atom is 0.317 e. The van der Waals surface area contributed by atoms with Crippen LogP contribution in [0, 0.1) is 11.8 Å². The lowest BCUT2D eigenvalue weighted by molar-refractivity contribution is -0.139. The summed E-state index contributed by atoms with van der Waals surface area (Å²) in [6.45, 7) is 10.7. The van der Waals surface area contributed by atoms with E-state index in [0.29, 0.717) is 19.0 Å². The molecule has 0 aromatic rings. The quantitative estimate of drug-likeness (QED) is 0.813. The van der Waals surface area contributed by atoms with E-state index in [2.05, 4.69) is 31.4 Å². The average Bonchev–Trinajstić information content (AvgIpc) is 2.52. The molecule has 2 atom stereocenters. The van der Waals surface area contributed by atoms with Gasteiger partial charge in [0.05, 0.1) is 5.92 Å². The van der Waals surface area contributed by atoms with Gasteiger partial charge in [-0.05, 0) is 25.7 Å². The van der Waals surface area contributed by atoms with E-state index in [0.717, 1.165) is 39.0 Å². The van der Waals surface area contributed by atoms with Crippen molar-refractivity contribution in [1.82, 2.24) is 20.4 Å². The predicted octanol–water partition coefficient (Wildman–Crippen LogP) is 0.884. The number of piperazine rings is 1. The van der Waals surface area contributed by atoms with Crippen molar-refractivity contribution in [3.63, 3.8) is 0 Å². The Hall–Kier alpha value is -1.30. The van der Waals surface area contributed by atoms with Crippen molar-refractivity contribution < 1.29 is 9.59 Å². The molecule has 0 saturated carbocycles. The van der Waals surface area contributed by atoms with Crippen molar-refractivity contribution in [2.75, 3.05) is 39.3 Å². The lowest BCUT2D eigenvalue weighted by Gasteiger charge is -2.39. The van der Waals surface area contributed by atoms with Crippen LogP contribution >= 0.6 is 0 Å². The third-order valence-corrected chi connectivity index (χ3v) is 4.50. The van der Waals surface area contributed by atoms with Crippen LogP contribution in [0.4, 0.5) is 4.79 Å². The Kier molecular flexibility index (Phi) is 6.06. The van der Waals surface area contributed by atoms with Gasteiger partial charge in [-0.3, -0.25) is 4.79 Å².